The third kappa shape index (κ3) is 2.58. The van der Waals surface area contributed by atoms with Crippen LogP contribution in [0.4, 0.5) is 5.69 Å². The summed E-state index contributed by atoms with van der Waals surface area (Å²) in [5.74, 6) is -0.665. The highest BCUT2D eigenvalue weighted by atomic mass is 79.9. The SMILES string of the molecule is O=C1[C@@H]2[C@@H](c3ccc(Cl)cc3)N3CCCN3[C@H]2C(=O)N1c1cccc(Br)c1. The molecule has 0 spiro atoms. The van der Waals surface area contributed by atoms with Crippen molar-refractivity contribution in [1.82, 2.24) is 10.0 Å². The van der Waals surface area contributed by atoms with E-state index in [2.05, 4.69) is 25.9 Å². The quantitative estimate of drug-likeness (QED) is 0.661. The molecule has 3 aliphatic heterocycles. The predicted molar refractivity (Wildman–Crippen MR) is 106 cm³/mol. The minimum atomic E-state index is -0.431. The van der Waals surface area contributed by atoms with Crippen molar-refractivity contribution >= 4 is 45.0 Å². The summed E-state index contributed by atoms with van der Waals surface area (Å²) in [5, 5.41) is 4.96. The number of imide groups is 1. The zero-order valence-corrected chi connectivity index (χ0v) is 16.7. The van der Waals surface area contributed by atoms with Crippen LogP contribution in [0.15, 0.2) is 53.0 Å². The molecule has 5 nitrogen and oxygen atoms in total. The van der Waals surface area contributed by atoms with E-state index in [9.17, 15) is 9.59 Å². The van der Waals surface area contributed by atoms with Gasteiger partial charge in [-0.05, 0) is 42.3 Å². The summed E-state index contributed by atoms with van der Waals surface area (Å²) in [4.78, 5) is 28.0. The van der Waals surface area contributed by atoms with Crippen molar-refractivity contribution in [2.24, 2.45) is 5.92 Å². The fraction of sp³-hybridized carbons (Fsp3) is 0.300. The number of hydrogen-bond acceptors (Lipinski definition) is 4. The van der Waals surface area contributed by atoms with Gasteiger partial charge < -0.3 is 0 Å². The molecule has 27 heavy (non-hydrogen) atoms. The maximum Gasteiger partial charge on any atom is 0.253 e. The lowest BCUT2D eigenvalue weighted by Crippen LogP contribution is -2.44. The van der Waals surface area contributed by atoms with E-state index in [0.717, 1.165) is 29.5 Å². The molecule has 3 atom stereocenters. The Balaban J connectivity index is 1.59. The maximum absolute atomic E-state index is 13.4. The largest absolute Gasteiger partial charge is 0.274 e. The van der Waals surface area contributed by atoms with Crippen molar-refractivity contribution in [2.45, 2.75) is 18.5 Å². The molecular weight excluding hydrogens is 430 g/mol. The summed E-state index contributed by atoms with van der Waals surface area (Å²) in [6.07, 6.45) is 0.992. The van der Waals surface area contributed by atoms with Crippen molar-refractivity contribution < 1.29 is 9.59 Å². The molecule has 3 fully saturated rings. The molecule has 7 heteroatoms. The van der Waals surface area contributed by atoms with Gasteiger partial charge in [0.15, 0.2) is 0 Å². The van der Waals surface area contributed by atoms with Crippen molar-refractivity contribution in [3.05, 3.63) is 63.6 Å². The van der Waals surface area contributed by atoms with E-state index in [1.807, 2.05) is 42.5 Å². The van der Waals surface area contributed by atoms with Gasteiger partial charge in [-0.25, -0.2) is 14.9 Å². The Bertz CT molecular complexity index is 935. The smallest absolute Gasteiger partial charge is 0.253 e. The van der Waals surface area contributed by atoms with E-state index in [-0.39, 0.29) is 17.9 Å². The molecule has 5 rings (SSSR count). The lowest BCUT2D eigenvalue weighted by atomic mass is 9.90. The van der Waals surface area contributed by atoms with Crippen LogP contribution in [0.2, 0.25) is 5.02 Å². The Morgan fingerprint density at radius 3 is 2.33 bits per heavy atom. The molecule has 2 amide bonds. The van der Waals surface area contributed by atoms with Crippen LogP contribution >= 0.6 is 27.5 Å². The molecule has 0 radical (unpaired) electrons. The van der Waals surface area contributed by atoms with Gasteiger partial charge in [0.1, 0.15) is 6.04 Å². The van der Waals surface area contributed by atoms with Crippen LogP contribution in [-0.2, 0) is 9.59 Å². The highest BCUT2D eigenvalue weighted by molar-refractivity contribution is 9.10. The number of hydrogen-bond donors (Lipinski definition) is 0. The second kappa shape index (κ2) is 6.41. The minimum absolute atomic E-state index is 0.127. The second-order valence-corrected chi connectivity index (χ2v) is 8.49. The first kappa shape index (κ1) is 17.4. The Hall–Kier alpha value is -1.73. The molecule has 0 bridgehead atoms. The molecule has 138 valence electrons. The van der Waals surface area contributed by atoms with Gasteiger partial charge in [0.2, 0.25) is 5.91 Å². The van der Waals surface area contributed by atoms with Gasteiger partial charge in [-0.3, -0.25) is 9.59 Å². The molecule has 2 aromatic carbocycles. The van der Waals surface area contributed by atoms with Gasteiger partial charge in [0, 0.05) is 22.6 Å². The highest BCUT2D eigenvalue weighted by Crippen LogP contribution is 2.49. The van der Waals surface area contributed by atoms with Crippen molar-refractivity contribution in [3.63, 3.8) is 0 Å². The molecule has 0 unspecified atom stereocenters. The summed E-state index contributed by atoms with van der Waals surface area (Å²) in [6, 6.07) is 14.4. The fourth-order valence-electron chi connectivity index (χ4n) is 4.64. The zero-order chi connectivity index (χ0) is 18.7. The second-order valence-electron chi connectivity index (χ2n) is 7.14. The average Bonchev–Trinajstić information content (AvgIpc) is 3.28. The molecule has 0 aromatic heterocycles. The number of hydrazine groups is 1. The maximum atomic E-state index is 13.4. The standard InChI is InChI=1S/C20H17BrClN3O2/c21-13-3-1-4-15(11-13)25-19(26)16-17(12-5-7-14(22)8-6-12)23-9-2-10-24(23)18(16)20(25)27/h1,3-8,11,16-18H,2,9-10H2/t16-,17-,18-/m1/s1. The summed E-state index contributed by atoms with van der Waals surface area (Å²) >= 11 is 9.48. The minimum Gasteiger partial charge on any atom is -0.274 e. The summed E-state index contributed by atoms with van der Waals surface area (Å²) in [6.45, 7) is 1.66. The number of carbonyl (C=O) groups is 2. The number of benzene rings is 2. The summed E-state index contributed by atoms with van der Waals surface area (Å²) in [7, 11) is 0. The molecule has 3 aliphatic rings. The van der Waals surface area contributed by atoms with Gasteiger partial charge >= 0.3 is 0 Å². The Labute approximate surface area is 170 Å². The average molecular weight is 447 g/mol. The van der Waals surface area contributed by atoms with Crippen LogP contribution in [0.1, 0.15) is 18.0 Å². The van der Waals surface area contributed by atoms with Gasteiger partial charge in [-0.1, -0.05) is 45.7 Å². The number of halogens is 2. The van der Waals surface area contributed by atoms with Crippen molar-refractivity contribution in [3.8, 4) is 0 Å². The van der Waals surface area contributed by atoms with E-state index in [0.29, 0.717) is 10.7 Å². The summed E-state index contributed by atoms with van der Waals surface area (Å²) in [5.41, 5.74) is 1.64. The molecule has 0 saturated carbocycles. The molecule has 0 N–H and O–H groups in total. The Morgan fingerprint density at radius 2 is 1.63 bits per heavy atom. The van der Waals surface area contributed by atoms with E-state index >= 15 is 0 Å². The number of rotatable bonds is 2. The highest BCUT2D eigenvalue weighted by Gasteiger charge is 2.62. The zero-order valence-electron chi connectivity index (χ0n) is 14.4. The predicted octanol–water partition coefficient (Wildman–Crippen LogP) is 3.64. The lowest BCUT2D eigenvalue weighted by molar-refractivity contribution is -0.126. The topological polar surface area (TPSA) is 43.9 Å². The van der Waals surface area contributed by atoms with Crippen molar-refractivity contribution in [2.75, 3.05) is 18.0 Å². The van der Waals surface area contributed by atoms with Crippen LogP contribution in [0, 0.1) is 5.92 Å². The normalized spacial score (nSPS) is 28.1. The molecular formula is C20H17BrClN3O2. The number of anilines is 1. The van der Waals surface area contributed by atoms with E-state index in [1.54, 1.807) is 6.07 Å². The van der Waals surface area contributed by atoms with Crippen LogP contribution in [-0.4, -0.2) is 41.0 Å². The number of amides is 2. The third-order valence-corrected chi connectivity index (χ3v) is 6.43. The van der Waals surface area contributed by atoms with Gasteiger partial charge in [-0.2, -0.15) is 0 Å². The van der Waals surface area contributed by atoms with Crippen molar-refractivity contribution in [1.29, 1.82) is 0 Å². The number of nitrogens with zero attached hydrogens (tertiary/aromatic N) is 3. The Morgan fingerprint density at radius 1 is 0.926 bits per heavy atom. The van der Waals surface area contributed by atoms with Gasteiger partial charge in [0.25, 0.3) is 5.91 Å². The van der Waals surface area contributed by atoms with Crippen LogP contribution in [0.25, 0.3) is 0 Å². The molecule has 2 aromatic rings. The third-order valence-electron chi connectivity index (χ3n) is 5.68. The van der Waals surface area contributed by atoms with Gasteiger partial charge in [-0.15, -0.1) is 0 Å². The van der Waals surface area contributed by atoms with Crippen LogP contribution < -0.4 is 4.90 Å². The number of fused-ring (bicyclic) bond motifs is 3. The van der Waals surface area contributed by atoms with E-state index in [4.69, 9.17) is 11.6 Å². The Kier molecular flexibility index (Phi) is 4.13. The number of carbonyl (C=O) groups excluding carboxylic acids is 2. The first-order valence-corrected chi connectivity index (χ1v) is 10.2. The molecule has 0 aliphatic carbocycles. The lowest BCUT2D eigenvalue weighted by Gasteiger charge is -2.29. The van der Waals surface area contributed by atoms with Crippen LogP contribution in [0.5, 0.6) is 0 Å². The van der Waals surface area contributed by atoms with Gasteiger partial charge in [0.05, 0.1) is 17.6 Å². The van der Waals surface area contributed by atoms with Crippen LogP contribution in [0.3, 0.4) is 0 Å². The first-order chi connectivity index (χ1) is 13.1. The first-order valence-electron chi connectivity index (χ1n) is 8.98. The fourth-order valence-corrected chi connectivity index (χ4v) is 5.16. The summed E-state index contributed by atoms with van der Waals surface area (Å²) < 4.78 is 0.842. The molecule has 3 saturated heterocycles. The monoisotopic (exact) mass is 445 g/mol. The van der Waals surface area contributed by atoms with E-state index in [1.165, 1.54) is 4.90 Å². The molecule has 3 heterocycles. The van der Waals surface area contributed by atoms with E-state index < -0.39 is 12.0 Å².